The molecule has 2 aromatic carbocycles. The van der Waals surface area contributed by atoms with Gasteiger partial charge in [0.1, 0.15) is 18.5 Å². The van der Waals surface area contributed by atoms with Gasteiger partial charge >= 0.3 is 5.69 Å². The maximum atomic E-state index is 13.1. The number of imidazole rings is 1. The van der Waals surface area contributed by atoms with Crippen molar-refractivity contribution in [3.8, 4) is 11.6 Å². The van der Waals surface area contributed by atoms with E-state index in [1.54, 1.807) is 24.3 Å². The van der Waals surface area contributed by atoms with Crippen LogP contribution in [0, 0.1) is 6.92 Å². The highest BCUT2D eigenvalue weighted by Gasteiger charge is 2.22. The number of hydrogen-bond donors (Lipinski definition) is 3. The molecule has 0 aliphatic heterocycles. The molecule has 0 unspecified atom stereocenters. The van der Waals surface area contributed by atoms with Gasteiger partial charge in [-0.2, -0.15) is 4.98 Å². The van der Waals surface area contributed by atoms with E-state index in [2.05, 4.69) is 20.2 Å². The number of nitrogens with one attached hydrogen (secondary N) is 1. The zero-order valence-electron chi connectivity index (χ0n) is 20.4. The van der Waals surface area contributed by atoms with E-state index in [9.17, 15) is 19.8 Å². The number of aromatic hydroxyl groups is 1. The number of aromatic nitrogens is 5. The van der Waals surface area contributed by atoms with E-state index in [0.717, 1.165) is 10.1 Å². The Balaban J connectivity index is 1.56. The van der Waals surface area contributed by atoms with Gasteiger partial charge in [0.05, 0.1) is 12.1 Å². The molecule has 190 valence electrons. The Bertz CT molecular complexity index is 1780. The van der Waals surface area contributed by atoms with E-state index < -0.39 is 17.4 Å². The van der Waals surface area contributed by atoms with Crippen molar-refractivity contribution in [1.29, 1.82) is 0 Å². The van der Waals surface area contributed by atoms with Crippen molar-refractivity contribution in [1.82, 2.24) is 23.7 Å². The van der Waals surface area contributed by atoms with E-state index in [-0.39, 0.29) is 41.8 Å². The van der Waals surface area contributed by atoms with Gasteiger partial charge in [0.15, 0.2) is 16.9 Å². The van der Waals surface area contributed by atoms with Crippen LogP contribution in [-0.2, 0) is 20.6 Å². The lowest BCUT2D eigenvalue weighted by atomic mass is 10.2. The molecule has 5 rings (SSSR count). The van der Waals surface area contributed by atoms with E-state index in [0.29, 0.717) is 16.7 Å². The predicted octanol–water partition coefficient (Wildman–Crippen LogP) is 2.78. The molecule has 0 saturated carbocycles. The number of ether oxygens (including phenoxy) is 1. The lowest BCUT2D eigenvalue weighted by Crippen LogP contribution is -2.38. The number of aryl methyl sites for hydroxylation is 2. The van der Waals surface area contributed by atoms with Crippen molar-refractivity contribution < 1.29 is 14.9 Å². The zero-order chi connectivity index (χ0) is 26.3. The molecule has 1 atom stereocenters. The minimum Gasteiger partial charge on any atom is -0.493 e. The molecule has 0 radical (unpaired) electrons. The van der Waals surface area contributed by atoms with Crippen LogP contribution in [-0.4, -0.2) is 46.6 Å². The number of aromatic amines is 1. The Morgan fingerprint density at radius 2 is 1.86 bits per heavy atom. The molecular formula is C25H25N7O5. The highest BCUT2D eigenvalue weighted by Crippen LogP contribution is 2.36. The number of nitrogens with zero attached hydrogens (tertiary/aromatic N) is 6. The number of benzene rings is 2. The molecule has 3 heterocycles. The van der Waals surface area contributed by atoms with E-state index >= 15 is 0 Å². The van der Waals surface area contributed by atoms with Gasteiger partial charge in [-0.3, -0.25) is 18.5 Å². The van der Waals surface area contributed by atoms with Gasteiger partial charge in [0, 0.05) is 19.5 Å². The summed E-state index contributed by atoms with van der Waals surface area (Å²) in [5.41, 5.74) is 0.910. The molecule has 0 fully saturated rings. The fraction of sp³-hybridized carbons (Fsp3) is 0.240. The number of fused-ring (bicyclic) bond motifs is 2. The number of hydrogen-bond acceptors (Lipinski definition) is 8. The van der Waals surface area contributed by atoms with Gasteiger partial charge < -0.3 is 19.9 Å². The first kappa shape index (κ1) is 24.0. The third-order valence-corrected chi connectivity index (χ3v) is 6.05. The van der Waals surface area contributed by atoms with Crippen LogP contribution in [0.2, 0.25) is 0 Å². The molecule has 37 heavy (non-hydrogen) atoms. The Morgan fingerprint density at radius 1 is 1.08 bits per heavy atom. The summed E-state index contributed by atoms with van der Waals surface area (Å²) < 4.78 is 9.30. The summed E-state index contributed by atoms with van der Waals surface area (Å²) in [6, 6.07) is 14.6. The molecule has 12 heteroatoms. The SMILES string of the molecule is Cc1cccc(OC[C@@H](O)Cn2c(N=Nc3c(O)[nH]c4ccccc34)nc3c2c(=O)n(C)c(=O)n3C)c1. The molecule has 5 aromatic rings. The van der Waals surface area contributed by atoms with Crippen molar-refractivity contribution in [2.75, 3.05) is 6.61 Å². The van der Waals surface area contributed by atoms with Gasteiger partial charge in [0.25, 0.3) is 11.5 Å². The van der Waals surface area contributed by atoms with Crippen molar-refractivity contribution in [2.24, 2.45) is 24.3 Å². The number of aliphatic hydroxyl groups excluding tert-OH is 1. The molecule has 0 bridgehead atoms. The van der Waals surface area contributed by atoms with Gasteiger partial charge in [0.2, 0.25) is 5.88 Å². The Kier molecular flexibility index (Phi) is 6.09. The van der Waals surface area contributed by atoms with Crippen molar-refractivity contribution in [3.05, 3.63) is 74.9 Å². The quantitative estimate of drug-likeness (QED) is 0.291. The zero-order valence-corrected chi connectivity index (χ0v) is 20.4. The second kappa shape index (κ2) is 9.39. The average molecular weight is 504 g/mol. The van der Waals surface area contributed by atoms with Gasteiger partial charge in [-0.25, -0.2) is 4.79 Å². The number of azo groups is 1. The molecular weight excluding hydrogens is 478 g/mol. The van der Waals surface area contributed by atoms with E-state index in [1.165, 1.54) is 23.2 Å². The van der Waals surface area contributed by atoms with Crippen molar-refractivity contribution in [2.45, 2.75) is 19.6 Å². The van der Waals surface area contributed by atoms with Crippen LogP contribution in [0.5, 0.6) is 11.6 Å². The second-order valence-electron chi connectivity index (χ2n) is 8.75. The second-order valence-corrected chi connectivity index (χ2v) is 8.75. The number of rotatable bonds is 7. The van der Waals surface area contributed by atoms with Crippen LogP contribution in [0.15, 0.2) is 68.3 Å². The Hall–Kier alpha value is -4.71. The lowest BCUT2D eigenvalue weighted by molar-refractivity contribution is 0.0937. The van der Waals surface area contributed by atoms with Gasteiger partial charge in [-0.15, -0.1) is 10.2 Å². The molecule has 0 aliphatic rings. The monoisotopic (exact) mass is 503 g/mol. The summed E-state index contributed by atoms with van der Waals surface area (Å²) in [5.74, 6) is 0.401. The summed E-state index contributed by atoms with van der Waals surface area (Å²) >= 11 is 0. The van der Waals surface area contributed by atoms with Crippen molar-refractivity contribution in [3.63, 3.8) is 0 Å². The van der Waals surface area contributed by atoms with Crippen LogP contribution in [0.25, 0.3) is 22.1 Å². The predicted molar refractivity (Wildman–Crippen MR) is 137 cm³/mol. The minimum atomic E-state index is -1.05. The third kappa shape index (κ3) is 4.38. The van der Waals surface area contributed by atoms with Crippen LogP contribution in [0.4, 0.5) is 11.6 Å². The maximum absolute atomic E-state index is 13.1. The summed E-state index contributed by atoms with van der Waals surface area (Å²) in [6.07, 6.45) is -1.05. The normalized spacial score (nSPS) is 12.6. The molecule has 0 saturated heterocycles. The number of para-hydroxylation sites is 1. The number of aliphatic hydroxyl groups is 1. The molecule has 0 amide bonds. The van der Waals surface area contributed by atoms with E-state index in [4.69, 9.17) is 4.74 Å². The van der Waals surface area contributed by atoms with Gasteiger partial charge in [-0.05, 0) is 30.7 Å². The summed E-state index contributed by atoms with van der Waals surface area (Å²) in [6.45, 7) is 1.77. The highest BCUT2D eigenvalue weighted by molar-refractivity contribution is 5.94. The first-order valence-electron chi connectivity index (χ1n) is 11.5. The summed E-state index contributed by atoms with van der Waals surface area (Å²) in [4.78, 5) is 32.7. The van der Waals surface area contributed by atoms with Crippen LogP contribution in [0.3, 0.4) is 0 Å². The molecule has 0 spiro atoms. The number of H-pyrrole nitrogens is 1. The molecule has 0 aliphatic carbocycles. The maximum Gasteiger partial charge on any atom is 0.332 e. The Labute approximate surface area is 209 Å². The van der Waals surface area contributed by atoms with Crippen molar-refractivity contribution >= 4 is 33.7 Å². The highest BCUT2D eigenvalue weighted by atomic mass is 16.5. The van der Waals surface area contributed by atoms with Crippen LogP contribution < -0.4 is 16.0 Å². The smallest absolute Gasteiger partial charge is 0.332 e. The molecule has 3 aromatic heterocycles. The fourth-order valence-corrected chi connectivity index (χ4v) is 4.15. The first-order valence-corrected chi connectivity index (χ1v) is 11.5. The van der Waals surface area contributed by atoms with Crippen LogP contribution >= 0.6 is 0 Å². The Morgan fingerprint density at radius 3 is 2.65 bits per heavy atom. The topological polar surface area (TPSA) is 152 Å². The van der Waals surface area contributed by atoms with Crippen LogP contribution in [0.1, 0.15) is 5.56 Å². The minimum absolute atomic E-state index is 0.0208. The standard InChI is InChI=1S/C25H25N7O5/c1-14-7-6-8-16(11-14)37-13-15(33)12-32-20-21(30(2)25(36)31(3)23(20)35)27-24(32)29-28-19-17-9-4-5-10-18(17)26-22(19)34/h4-11,15,26,33-34H,12-13H2,1-3H3/t15-/m0/s1. The first-order chi connectivity index (χ1) is 17.7. The van der Waals surface area contributed by atoms with E-state index in [1.807, 2.05) is 31.2 Å². The average Bonchev–Trinajstić information content (AvgIpc) is 3.40. The fourth-order valence-electron chi connectivity index (χ4n) is 4.15. The summed E-state index contributed by atoms with van der Waals surface area (Å²) in [7, 11) is 2.86. The molecule has 3 N–H and O–H groups in total. The molecule has 12 nitrogen and oxygen atoms in total. The summed E-state index contributed by atoms with van der Waals surface area (Å²) in [5, 5.41) is 30.2. The third-order valence-electron chi connectivity index (χ3n) is 6.05. The largest absolute Gasteiger partial charge is 0.493 e. The lowest BCUT2D eigenvalue weighted by Gasteiger charge is -2.14. The van der Waals surface area contributed by atoms with Gasteiger partial charge in [-0.1, -0.05) is 30.3 Å².